The lowest BCUT2D eigenvalue weighted by Crippen LogP contribution is -2.35. The minimum Gasteiger partial charge on any atom is -0.360 e. The van der Waals surface area contributed by atoms with Gasteiger partial charge in [0.05, 0.1) is 23.3 Å². The average molecular weight is 395 g/mol. The second-order valence-corrected chi connectivity index (χ2v) is 7.64. The predicted molar refractivity (Wildman–Crippen MR) is 103 cm³/mol. The Kier molecular flexibility index (Phi) is 5.42. The molecule has 0 aliphatic rings. The van der Waals surface area contributed by atoms with Crippen LogP contribution in [0.5, 0.6) is 0 Å². The average Bonchev–Trinajstić information content (AvgIpc) is 3.10. The summed E-state index contributed by atoms with van der Waals surface area (Å²) in [7, 11) is -3.97. The first-order valence-corrected chi connectivity index (χ1v) is 9.79. The minimum atomic E-state index is -3.97. The summed E-state index contributed by atoms with van der Waals surface area (Å²) < 4.78 is 28.1. The first-order valence-electron chi connectivity index (χ1n) is 8.30. The van der Waals surface area contributed by atoms with E-state index in [1.807, 2.05) is 35.9 Å². The third-order valence-electron chi connectivity index (χ3n) is 3.89. The van der Waals surface area contributed by atoms with Crippen molar-refractivity contribution in [2.24, 2.45) is 0 Å². The summed E-state index contributed by atoms with van der Waals surface area (Å²) in [6, 6.07) is 17.2. The van der Waals surface area contributed by atoms with Crippen molar-refractivity contribution in [1.82, 2.24) is 14.5 Å². The van der Waals surface area contributed by atoms with E-state index in [1.54, 1.807) is 24.3 Å². The Morgan fingerprint density at radius 1 is 1.14 bits per heavy atom. The lowest BCUT2D eigenvalue weighted by atomic mass is 10.2. The fourth-order valence-corrected chi connectivity index (χ4v) is 3.48. The van der Waals surface area contributed by atoms with E-state index in [1.165, 1.54) is 23.0 Å². The van der Waals surface area contributed by atoms with Gasteiger partial charge in [0.1, 0.15) is 17.5 Å². The van der Waals surface area contributed by atoms with Gasteiger partial charge >= 0.3 is 0 Å². The maximum Gasteiger partial charge on any atom is 0.264 e. The van der Waals surface area contributed by atoms with Crippen LogP contribution >= 0.6 is 0 Å². The molecule has 142 valence electrons. The van der Waals surface area contributed by atoms with Crippen molar-refractivity contribution in [3.63, 3.8) is 0 Å². The fraction of sp³-hybridized carbons (Fsp3) is 0.105. The van der Waals surface area contributed by atoms with Gasteiger partial charge in [-0.05, 0) is 31.2 Å². The number of aryl methyl sites for hydroxylation is 1. The number of nitrogens with one attached hydrogen (secondary N) is 2. The monoisotopic (exact) mass is 395 g/mol. The Morgan fingerprint density at radius 3 is 2.46 bits per heavy atom. The van der Waals surface area contributed by atoms with Gasteiger partial charge in [-0.1, -0.05) is 35.9 Å². The number of anilines is 1. The number of benzene rings is 2. The number of nitriles is 1. The van der Waals surface area contributed by atoms with Crippen molar-refractivity contribution < 1.29 is 13.2 Å². The molecular weight excluding hydrogens is 378 g/mol. The van der Waals surface area contributed by atoms with Gasteiger partial charge in [0.15, 0.2) is 0 Å². The number of nitrogens with zero attached hydrogens (tertiary/aromatic N) is 3. The van der Waals surface area contributed by atoms with Crippen LogP contribution in [0.3, 0.4) is 0 Å². The largest absolute Gasteiger partial charge is 0.360 e. The number of hydrogen-bond acceptors (Lipinski definition) is 6. The van der Waals surface area contributed by atoms with Gasteiger partial charge < -0.3 is 5.32 Å². The first kappa shape index (κ1) is 19.1. The van der Waals surface area contributed by atoms with E-state index in [-0.39, 0.29) is 17.0 Å². The van der Waals surface area contributed by atoms with Gasteiger partial charge in [-0.2, -0.15) is 10.4 Å². The molecule has 0 fully saturated rings. The molecule has 0 unspecified atom stereocenters. The molecule has 28 heavy (non-hydrogen) atoms. The maximum atomic E-state index is 12.3. The number of carbonyl (C=O) groups excluding carboxylic acids is 1. The summed E-state index contributed by atoms with van der Waals surface area (Å²) in [4.78, 5) is 12.2. The molecule has 1 aromatic heterocycles. The number of aromatic nitrogens is 2. The van der Waals surface area contributed by atoms with E-state index < -0.39 is 15.9 Å². The van der Waals surface area contributed by atoms with E-state index in [0.717, 1.165) is 5.56 Å². The topological polar surface area (TPSA) is 117 Å². The smallest absolute Gasteiger partial charge is 0.264 e. The van der Waals surface area contributed by atoms with Gasteiger partial charge in [-0.25, -0.2) is 17.8 Å². The zero-order valence-corrected chi connectivity index (χ0v) is 15.8. The van der Waals surface area contributed by atoms with Crippen molar-refractivity contribution in [2.75, 3.05) is 11.9 Å². The number of rotatable bonds is 6. The Bertz CT molecular complexity index is 1130. The van der Waals surface area contributed by atoms with Crippen molar-refractivity contribution in [2.45, 2.75) is 11.8 Å². The standard InChI is InChI=1S/C19H17N5O3S/c1-14-7-9-17(10-8-14)28(26,27)23-18(25)13-21-19-15(11-20)12-22-24(19)16-5-3-2-4-6-16/h2-10,12,21H,13H2,1H3,(H,23,25). The van der Waals surface area contributed by atoms with Crippen molar-refractivity contribution in [3.8, 4) is 11.8 Å². The molecule has 1 amide bonds. The van der Waals surface area contributed by atoms with Crippen molar-refractivity contribution >= 4 is 21.7 Å². The lowest BCUT2D eigenvalue weighted by molar-refractivity contribution is -0.117. The molecule has 0 aliphatic carbocycles. The first-order chi connectivity index (χ1) is 13.4. The summed E-state index contributed by atoms with van der Waals surface area (Å²) >= 11 is 0. The Hall–Kier alpha value is -3.64. The molecule has 0 saturated carbocycles. The second-order valence-electron chi connectivity index (χ2n) is 5.96. The molecular formula is C19H17N5O3S. The summed E-state index contributed by atoms with van der Waals surface area (Å²) in [6.07, 6.45) is 1.37. The SMILES string of the molecule is Cc1ccc(S(=O)(=O)NC(=O)CNc2c(C#N)cnn2-c2ccccc2)cc1. The van der Waals surface area contributed by atoms with Crippen LogP contribution in [0.25, 0.3) is 5.69 Å². The van der Waals surface area contributed by atoms with E-state index >= 15 is 0 Å². The number of sulfonamides is 1. The molecule has 0 radical (unpaired) electrons. The van der Waals surface area contributed by atoms with Crippen molar-refractivity contribution in [3.05, 3.63) is 71.9 Å². The van der Waals surface area contributed by atoms with Crippen LogP contribution in [0.4, 0.5) is 5.82 Å². The molecule has 9 heteroatoms. The highest BCUT2D eigenvalue weighted by Gasteiger charge is 2.19. The van der Waals surface area contributed by atoms with Crippen LogP contribution in [-0.2, 0) is 14.8 Å². The lowest BCUT2D eigenvalue weighted by Gasteiger charge is -2.11. The van der Waals surface area contributed by atoms with Crippen LogP contribution in [0, 0.1) is 18.3 Å². The second kappa shape index (κ2) is 7.94. The third-order valence-corrected chi connectivity index (χ3v) is 5.28. The number of para-hydroxylation sites is 1. The molecule has 0 saturated heterocycles. The van der Waals surface area contributed by atoms with E-state index in [4.69, 9.17) is 0 Å². The molecule has 2 aromatic carbocycles. The van der Waals surface area contributed by atoms with Gasteiger partial charge in [0.25, 0.3) is 15.9 Å². The Morgan fingerprint density at radius 2 is 1.82 bits per heavy atom. The molecule has 3 rings (SSSR count). The maximum absolute atomic E-state index is 12.3. The molecule has 1 heterocycles. The highest BCUT2D eigenvalue weighted by Crippen LogP contribution is 2.19. The molecule has 0 aliphatic heterocycles. The molecule has 8 nitrogen and oxygen atoms in total. The third kappa shape index (κ3) is 4.19. The van der Waals surface area contributed by atoms with E-state index in [0.29, 0.717) is 11.5 Å². The van der Waals surface area contributed by atoms with Gasteiger partial charge in [-0.3, -0.25) is 4.79 Å². The predicted octanol–water partition coefficient (Wildman–Crippen LogP) is 1.97. The number of amides is 1. The van der Waals surface area contributed by atoms with Gasteiger partial charge in [0.2, 0.25) is 0 Å². The zero-order chi connectivity index (χ0) is 20.1. The number of carbonyl (C=O) groups is 1. The summed E-state index contributed by atoms with van der Waals surface area (Å²) in [6.45, 7) is 1.49. The quantitative estimate of drug-likeness (QED) is 0.659. The zero-order valence-electron chi connectivity index (χ0n) is 15.0. The summed E-state index contributed by atoms with van der Waals surface area (Å²) in [5.74, 6) is -0.457. The number of hydrogen-bond donors (Lipinski definition) is 2. The molecule has 0 spiro atoms. The van der Waals surface area contributed by atoms with E-state index in [9.17, 15) is 18.5 Å². The molecule has 2 N–H and O–H groups in total. The van der Waals surface area contributed by atoms with Crippen LogP contribution in [0.15, 0.2) is 65.7 Å². The highest BCUT2D eigenvalue weighted by molar-refractivity contribution is 7.90. The normalized spacial score (nSPS) is 10.9. The highest BCUT2D eigenvalue weighted by atomic mass is 32.2. The Balaban J connectivity index is 1.74. The molecule has 0 bridgehead atoms. The summed E-state index contributed by atoms with van der Waals surface area (Å²) in [5, 5.41) is 16.2. The summed E-state index contributed by atoms with van der Waals surface area (Å²) in [5.41, 5.74) is 1.84. The van der Waals surface area contributed by atoms with Crippen LogP contribution in [-0.4, -0.2) is 30.7 Å². The van der Waals surface area contributed by atoms with Crippen molar-refractivity contribution in [1.29, 1.82) is 5.26 Å². The molecule has 0 atom stereocenters. The van der Waals surface area contributed by atoms with Gasteiger partial charge in [-0.15, -0.1) is 0 Å². The van der Waals surface area contributed by atoms with Crippen LogP contribution in [0.2, 0.25) is 0 Å². The Labute approximate surface area is 162 Å². The van der Waals surface area contributed by atoms with E-state index in [2.05, 4.69) is 10.4 Å². The van der Waals surface area contributed by atoms with Crippen LogP contribution < -0.4 is 10.0 Å². The van der Waals surface area contributed by atoms with Gasteiger partial charge in [0, 0.05) is 0 Å². The molecule has 3 aromatic rings. The van der Waals surface area contributed by atoms with Crippen LogP contribution in [0.1, 0.15) is 11.1 Å². The fourth-order valence-electron chi connectivity index (χ4n) is 2.49. The minimum absolute atomic E-state index is 0.00140.